The molecule has 1 unspecified atom stereocenters. The molecule has 0 amide bonds. The zero-order valence-electron chi connectivity index (χ0n) is 14.7. The van der Waals surface area contributed by atoms with Gasteiger partial charge >= 0.3 is 5.97 Å². The average Bonchev–Trinajstić information content (AvgIpc) is 2.52. The first-order valence-electron chi connectivity index (χ1n) is 8.65. The normalized spacial score (nSPS) is 22.9. The van der Waals surface area contributed by atoms with Crippen molar-refractivity contribution in [2.45, 2.75) is 64.2 Å². The fraction of sp³-hybridized carbons (Fsp3) is 0.632. The van der Waals surface area contributed by atoms with E-state index in [1.54, 1.807) is 18.2 Å². The molecule has 1 aromatic carbocycles. The van der Waals surface area contributed by atoms with Crippen LogP contribution in [0.25, 0.3) is 0 Å². The van der Waals surface area contributed by atoms with Gasteiger partial charge in [-0.3, -0.25) is 4.79 Å². The summed E-state index contributed by atoms with van der Waals surface area (Å²) in [6, 6.07) is 6.51. The number of benzene rings is 1. The molecule has 0 spiro atoms. The molecule has 1 fully saturated rings. The molecule has 1 atom stereocenters. The average molecular weight is 337 g/mol. The first-order chi connectivity index (χ1) is 11.3. The highest BCUT2D eigenvalue weighted by Crippen LogP contribution is 2.27. The third-order valence-electron chi connectivity index (χ3n) is 4.33. The number of aliphatic hydroxyl groups excluding tert-OH is 1. The Morgan fingerprint density at radius 1 is 1.29 bits per heavy atom. The number of hydrogen-bond donors (Lipinski definition) is 2. The Morgan fingerprint density at radius 2 is 1.92 bits per heavy atom. The Labute approximate surface area is 143 Å². The number of hydrogen-bond acceptors (Lipinski definition) is 4. The number of aliphatic hydroxyl groups is 1. The molecule has 0 bridgehead atoms. The molecule has 4 nitrogen and oxygen atoms in total. The van der Waals surface area contributed by atoms with Crippen LogP contribution in [0.2, 0.25) is 0 Å². The highest BCUT2D eigenvalue weighted by molar-refractivity contribution is 5.73. The van der Waals surface area contributed by atoms with Gasteiger partial charge in [-0.15, -0.1) is 0 Å². The summed E-state index contributed by atoms with van der Waals surface area (Å²) in [4.78, 5) is 12.1. The maximum atomic E-state index is 13.6. The number of rotatable bonds is 5. The van der Waals surface area contributed by atoms with E-state index >= 15 is 0 Å². The lowest BCUT2D eigenvalue weighted by Crippen LogP contribution is -2.38. The largest absolute Gasteiger partial charge is 0.460 e. The van der Waals surface area contributed by atoms with Gasteiger partial charge in [0.05, 0.1) is 12.0 Å². The SMILES string of the molecule is CC(C)(C)OC(=O)C1CCC(NCC(O)c2ccccc2F)CC1. The van der Waals surface area contributed by atoms with Gasteiger partial charge in [0, 0.05) is 18.2 Å². The first-order valence-corrected chi connectivity index (χ1v) is 8.65. The van der Waals surface area contributed by atoms with Crippen molar-refractivity contribution in [2.24, 2.45) is 5.92 Å². The molecule has 1 aromatic rings. The molecule has 5 heteroatoms. The van der Waals surface area contributed by atoms with E-state index in [9.17, 15) is 14.3 Å². The van der Waals surface area contributed by atoms with Crippen molar-refractivity contribution in [1.29, 1.82) is 0 Å². The van der Waals surface area contributed by atoms with Gasteiger partial charge in [-0.2, -0.15) is 0 Å². The molecule has 0 heterocycles. The Kier molecular flexibility index (Phi) is 6.35. The second-order valence-electron chi connectivity index (χ2n) is 7.53. The molecule has 1 saturated carbocycles. The third kappa shape index (κ3) is 5.56. The number of nitrogens with one attached hydrogen (secondary N) is 1. The van der Waals surface area contributed by atoms with Gasteiger partial charge in [-0.05, 0) is 52.5 Å². The van der Waals surface area contributed by atoms with Crippen LogP contribution in [0.3, 0.4) is 0 Å². The van der Waals surface area contributed by atoms with Crippen LogP contribution >= 0.6 is 0 Å². The minimum absolute atomic E-state index is 0.0428. The van der Waals surface area contributed by atoms with Gasteiger partial charge in [0.25, 0.3) is 0 Å². The zero-order chi connectivity index (χ0) is 17.7. The van der Waals surface area contributed by atoms with E-state index in [1.165, 1.54) is 6.07 Å². The lowest BCUT2D eigenvalue weighted by molar-refractivity contribution is -0.161. The summed E-state index contributed by atoms with van der Waals surface area (Å²) in [5.41, 5.74) is -0.136. The summed E-state index contributed by atoms with van der Waals surface area (Å²) in [5, 5.41) is 13.4. The topological polar surface area (TPSA) is 58.6 Å². The molecular formula is C19H28FNO3. The molecule has 2 rings (SSSR count). The second kappa shape index (κ2) is 8.08. The van der Waals surface area contributed by atoms with Gasteiger partial charge in [0.1, 0.15) is 11.4 Å². The molecule has 1 aliphatic rings. The maximum absolute atomic E-state index is 13.6. The summed E-state index contributed by atoms with van der Waals surface area (Å²) in [6.07, 6.45) is 2.40. The van der Waals surface area contributed by atoms with Gasteiger partial charge in [-0.1, -0.05) is 18.2 Å². The predicted octanol–water partition coefficient (Wildman–Crippen LogP) is 3.35. The highest BCUT2D eigenvalue weighted by Gasteiger charge is 2.30. The Balaban J connectivity index is 1.75. The summed E-state index contributed by atoms with van der Waals surface area (Å²) >= 11 is 0. The van der Waals surface area contributed by atoms with Crippen LogP contribution < -0.4 is 5.32 Å². The Morgan fingerprint density at radius 3 is 2.50 bits per heavy atom. The lowest BCUT2D eigenvalue weighted by atomic mass is 9.86. The monoisotopic (exact) mass is 337 g/mol. The number of esters is 1. The fourth-order valence-electron chi connectivity index (χ4n) is 3.05. The number of carbonyl (C=O) groups excluding carboxylic acids is 1. The van der Waals surface area contributed by atoms with Crippen LogP contribution in [0.15, 0.2) is 24.3 Å². The van der Waals surface area contributed by atoms with Crippen molar-refractivity contribution in [3.05, 3.63) is 35.6 Å². The number of halogens is 1. The molecular weight excluding hydrogens is 309 g/mol. The second-order valence-corrected chi connectivity index (χ2v) is 7.53. The Bertz CT molecular complexity index is 548. The third-order valence-corrected chi connectivity index (χ3v) is 4.33. The summed E-state index contributed by atoms with van der Waals surface area (Å²) in [5.74, 6) is -0.549. The van der Waals surface area contributed by atoms with Crippen molar-refractivity contribution >= 4 is 5.97 Å². The van der Waals surface area contributed by atoms with Crippen LogP contribution in [0.4, 0.5) is 4.39 Å². The molecule has 0 saturated heterocycles. The van der Waals surface area contributed by atoms with Crippen LogP contribution in [-0.2, 0) is 9.53 Å². The molecule has 2 N–H and O–H groups in total. The minimum atomic E-state index is -0.866. The van der Waals surface area contributed by atoms with Gasteiger partial charge in [-0.25, -0.2) is 4.39 Å². The standard InChI is InChI=1S/C19H28FNO3/c1-19(2,3)24-18(23)13-8-10-14(11-9-13)21-12-17(22)15-6-4-5-7-16(15)20/h4-7,13-14,17,21-22H,8-12H2,1-3H3. The van der Waals surface area contributed by atoms with E-state index < -0.39 is 11.7 Å². The molecule has 0 radical (unpaired) electrons. The fourth-order valence-corrected chi connectivity index (χ4v) is 3.05. The van der Waals surface area contributed by atoms with Crippen molar-refractivity contribution in [3.8, 4) is 0 Å². The van der Waals surface area contributed by atoms with E-state index in [1.807, 2.05) is 20.8 Å². The van der Waals surface area contributed by atoms with E-state index in [4.69, 9.17) is 4.74 Å². The number of carbonyl (C=O) groups is 1. The first kappa shape index (κ1) is 18.9. The zero-order valence-corrected chi connectivity index (χ0v) is 14.7. The number of ether oxygens (including phenoxy) is 1. The van der Waals surface area contributed by atoms with E-state index in [2.05, 4.69) is 5.32 Å². The maximum Gasteiger partial charge on any atom is 0.309 e. The van der Waals surface area contributed by atoms with Crippen LogP contribution in [-0.4, -0.2) is 29.3 Å². The summed E-state index contributed by atoms with van der Waals surface area (Å²) in [7, 11) is 0. The molecule has 134 valence electrons. The van der Waals surface area contributed by atoms with Crippen molar-refractivity contribution in [2.75, 3.05) is 6.54 Å². The quantitative estimate of drug-likeness (QED) is 0.809. The Hall–Kier alpha value is -1.46. The lowest BCUT2D eigenvalue weighted by Gasteiger charge is -2.30. The van der Waals surface area contributed by atoms with Crippen molar-refractivity contribution in [1.82, 2.24) is 5.32 Å². The molecule has 1 aliphatic carbocycles. The molecule has 0 aromatic heterocycles. The smallest absolute Gasteiger partial charge is 0.309 e. The van der Waals surface area contributed by atoms with Crippen molar-refractivity contribution < 1.29 is 19.0 Å². The van der Waals surface area contributed by atoms with Crippen LogP contribution in [0.1, 0.15) is 58.1 Å². The van der Waals surface area contributed by atoms with E-state index in [0.717, 1.165) is 25.7 Å². The van der Waals surface area contributed by atoms with E-state index in [0.29, 0.717) is 12.1 Å². The highest BCUT2D eigenvalue weighted by atomic mass is 19.1. The van der Waals surface area contributed by atoms with E-state index in [-0.39, 0.29) is 23.7 Å². The van der Waals surface area contributed by atoms with Crippen molar-refractivity contribution in [3.63, 3.8) is 0 Å². The van der Waals surface area contributed by atoms with Gasteiger partial charge in [0.2, 0.25) is 0 Å². The van der Waals surface area contributed by atoms with Gasteiger partial charge < -0.3 is 15.2 Å². The van der Waals surface area contributed by atoms with Crippen LogP contribution in [0.5, 0.6) is 0 Å². The minimum Gasteiger partial charge on any atom is -0.460 e. The molecule has 0 aliphatic heterocycles. The van der Waals surface area contributed by atoms with Gasteiger partial charge in [0.15, 0.2) is 0 Å². The predicted molar refractivity (Wildman–Crippen MR) is 91.0 cm³/mol. The van der Waals surface area contributed by atoms with Crippen LogP contribution in [0, 0.1) is 11.7 Å². The summed E-state index contributed by atoms with van der Waals surface area (Å²) in [6.45, 7) is 5.94. The summed E-state index contributed by atoms with van der Waals surface area (Å²) < 4.78 is 19.1. The molecule has 24 heavy (non-hydrogen) atoms.